The van der Waals surface area contributed by atoms with Crippen LogP contribution in [0.3, 0.4) is 0 Å². The normalized spacial score (nSPS) is 21.7. The van der Waals surface area contributed by atoms with Crippen molar-refractivity contribution in [2.24, 2.45) is 5.92 Å². The van der Waals surface area contributed by atoms with Crippen molar-refractivity contribution in [2.75, 3.05) is 19.0 Å². The highest BCUT2D eigenvalue weighted by atomic mass is 35.5. The molecular formula is C22H20ClNO5. The lowest BCUT2D eigenvalue weighted by atomic mass is 9.76. The van der Waals surface area contributed by atoms with Gasteiger partial charge in [0.25, 0.3) is 0 Å². The van der Waals surface area contributed by atoms with Gasteiger partial charge in [-0.15, -0.1) is 0 Å². The topological polar surface area (TPSA) is 84.9 Å². The zero-order valence-corrected chi connectivity index (χ0v) is 16.5. The SMILES string of the molecule is COC(=O)COc1ccc(C2Nc3c(Cl)cc(C(=O)O)cc3C3C=CCC32)cc1. The molecule has 3 unspecified atom stereocenters. The average Bonchev–Trinajstić information content (AvgIpc) is 3.22. The average molecular weight is 414 g/mol. The molecule has 4 rings (SSSR count). The van der Waals surface area contributed by atoms with Gasteiger partial charge in [-0.3, -0.25) is 0 Å². The van der Waals surface area contributed by atoms with E-state index in [-0.39, 0.29) is 30.0 Å². The second-order valence-corrected chi connectivity index (χ2v) is 7.54. The summed E-state index contributed by atoms with van der Waals surface area (Å²) in [6, 6.07) is 10.8. The Morgan fingerprint density at radius 3 is 2.69 bits per heavy atom. The van der Waals surface area contributed by atoms with Crippen molar-refractivity contribution >= 4 is 29.2 Å². The Balaban J connectivity index is 1.62. The van der Waals surface area contributed by atoms with E-state index in [1.807, 2.05) is 24.3 Å². The molecule has 1 aliphatic heterocycles. The molecule has 150 valence electrons. The van der Waals surface area contributed by atoms with E-state index in [0.29, 0.717) is 10.8 Å². The number of anilines is 1. The highest BCUT2D eigenvalue weighted by Crippen LogP contribution is 2.51. The third kappa shape index (κ3) is 3.68. The predicted octanol–water partition coefficient (Wildman–Crippen LogP) is 4.42. The van der Waals surface area contributed by atoms with Crippen molar-refractivity contribution in [3.05, 3.63) is 70.3 Å². The third-order valence-electron chi connectivity index (χ3n) is 5.49. The quantitative estimate of drug-likeness (QED) is 0.557. The summed E-state index contributed by atoms with van der Waals surface area (Å²) >= 11 is 6.43. The van der Waals surface area contributed by atoms with Crippen LogP contribution in [0.4, 0.5) is 5.69 Å². The molecule has 0 fully saturated rings. The first-order valence-corrected chi connectivity index (χ1v) is 9.65. The Bertz CT molecular complexity index is 985. The molecule has 0 saturated heterocycles. The second kappa shape index (κ2) is 7.79. The standard InChI is InChI=1S/C22H20ClNO5/c1-28-19(25)11-29-14-7-5-12(6-8-14)20-16-4-2-3-15(16)17-9-13(22(26)27)10-18(23)21(17)24-20/h2-3,5-10,15-16,20,24H,4,11H2,1H3,(H,26,27). The first-order valence-electron chi connectivity index (χ1n) is 9.27. The number of ether oxygens (including phenoxy) is 2. The highest BCUT2D eigenvalue weighted by Gasteiger charge is 2.39. The largest absolute Gasteiger partial charge is 0.482 e. The number of methoxy groups -OCH3 is 1. The van der Waals surface area contributed by atoms with E-state index in [2.05, 4.69) is 22.2 Å². The van der Waals surface area contributed by atoms with Gasteiger partial charge >= 0.3 is 11.9 Å². The first kappa shape index (κ1) is 19.3. The van der Waals surface area contributed by atoms with Crippen LogP contribution in [0.15, 0.2) is 48.6 Å². The number of carbonyl (C=O) groups excluding carboxylic acids is 1. The molecule has 2 N–H and O–H groups in total. The van der Waals surface area contributed by atoms with Gasteiger partial charge in [0.15, 0.2) is 6.61 Å². The number of esters is 1. The smallest absolute Gasteiger partial charge is 0.343 e. The van der Waals surface area contributed by atoms with E-state index in [1.165, 1.54) is 13.2 Å². The number of halogens is 1. The molecule has 3 atom stereocenters. The molecule has 1 heterocycles. The molecule has 2 aliphatic rings. The fourth-order valence-corrected chi connectivity index (χ4v) is 4.36. The van der Waals surface area contributed by atoms with Gasteiger partial charge in [-0.05, 0) is 47.7 Å². The summed E-state index contributed by atoms with van der Waals surface area (Å²) in [5, 5.41) is 13.3. The Kier molecular flexibility index (Phi) is 5.20. The summed E-state index contributed by atoms with van der Waals surface area (Å²) in [7, 11) is 1.32. The molecule has 0 radical (unpaired) electrons. The number of hydrogen-bond acceptors (Lipinski definition) is 5. The number of aromatic carboxylic acids is 1. The molecule has 29 heavy (non-hydrogen) atoms. The van der Waals surface area contributed by atoms with Crippen LogP contribution in [0.2, 0.25) is 5.02 Å². The van der Waals surface area contributed by atoms with Crippen molar-refractivity contribution in [1.29, 1.82) is 0 Å². The lowest BCUT2D eigenvalue weighted by Crippen LogP contribution is -2.29. The van der Waals surface area contributed by atoms with Crippen LogP contribution in [-0.4, -0.2) is 30.8 Å². The van der Waals surface area contributed by atoms with Crippen molar-refractivity contribution in [2.45, 2.75) is 18.4 Å². The lowest BCUT2D eigenvalue weighted by molar-refractivity contribution is -0.142. The number of fused-ring (bicyclic) bond motifs is 3. The van der Waals surface area contributed by atoms with Crippen LogP contribution in [0.1, 0.15) is 39.9 Å². The number of nitrogens with one attached hydrogen (secondary N) is 1. The summed E-state index contributed by atoms with van der Waals surface area (Å²) in [4.78, 5) is 22.7. The van der Waals surface area contributed by atoms with Gasteiger partial charge in [0.2, 0.25) is 0 Å². The number of rotatable bonds is 5. The van der Waals surface area contributed by atoms with Crippen molar-refractivity contribution in [3.63, 3.8) is 0 Å². The molecule has 2 aromatic rings. The Morgan fingerprint density at radius 1 is 1.24 bits per heavy atom. The molecule has 0 spiro atoms. The first-order chi connectivity index (χ1) is 14.0. The highest BCUT2D eigenvalue weighted by molar-refractivity contribution is 6.33. The van der Waals surface area contributed by atoms with Gasteiger partial charge in [-0.25, -0.2) is 9.59 Å². The zero-order chi connectivity index (χ0) is 20.5. The number of carboxylic acids is 1. The van der Waals surface area contributed by atoms with E-state index in [0.717, 1.165) is 23.2 Å². The maximum absolute atomic E-state index is 11.4. The molecule has 0 bridgehead atoms. The van der Waals surface area contributed by atoms with Crippen LogP contribution in [0.5, 0.6) is 5.75 Å². The van der Waals surface area contributed by atoms with Gasteiger partial charge in [-0.1, -0.05) is 35.9 Å². The van der Waals surface area contributed by atoms with Gasteiger partial charge in [0.05, 0.1) is 29.4 Å². The molecule has 6 nitrogen and oxygen atoms in total. The Hall–Kier alpha value is -2.99. The Morgan fingerprint density at radius 2 is 2.00 bits per heavy atom. The molecule has 7 heteroatoms. The third-order valence-corrected chi connectivity index (χ3v) is 5.79. The van der Waals surface area contributed by atoms with Crippen molar-refractivity contribution in [1.82, 2.24) is 0 Å². The fraction of sp³-hybridized carbons (Fsp3) is 0.273. The summed E-state index contributed by atoms with van der Waals surface area (Å²) in [6.45, 7) is -0.138. The van der Waals surface area contributed by atoms with Crippen LogP contribution >= 0.6 is 11.6 Å². The van der Waals surface area contributed by atoms with Crippen LogP contribution in [-0.2, 0) is 9.53 Å². The molecular weight excluding hydrogens is 394 g/mol. The molecule has 0 aromatic heterocycles. The summed E-state index contributed by atoms with van der Waals surface area (Å²) in [5.74, 6) is -0.485. The minimum atomic E-state index is -0.988. The monoisotopic (exact) mass is 413 g/mol. The summed E-state index contributed by atoms with van der Waals surface area (Å²) < 4.78 is 9.99. The van der Waals surface area contributed by atoms with Crippen LogP contribution in [0, 0.1) is 5.92 Å². The summed E-state index contributed by atoms with van der Waals surface area (Å²) in [5.41, 5.74) is 2.96. The number of hydrogen-bond donors (Lipinski definition) is 2. The maximum Gasteiger partial charge on any atom is 0.343 e. The minimum Gasteiger partial charge on any atom is -0.482 e. The summed E-state index contributed by atoms with van der Waals surface area (Å²) in [6.07, 6.45) is 5.15. The van der Waals surface area contributed by atoms with E-state index >= 15 is 0 Å². The zero-order valence-electron chi connectivity index (χ0n) is 15.7. The van der Waals surface area contributed by atoms with Crippen LogP contribution in [0.25, 0.3) is 0 Å². The number of benzene rings is 2. The van der Waals surface area contributed by atoms with E-state index < -0.39 is 11.9 Å². The molecule has 0 amide bonds. The van der Waals surface area contributed by atoms with Gasteiger partial charge in [-0.2, -0.15) is 0 Å². The lowest BCUT2D eigenvalue weighted by Gasteiger charge is -2.38. The van der Waals surface area contributed by atoms with Gasteiger partial charge in [0, 0.05) is 5.92 Å². The maximum atomic E-state index is 11.4. The molecule has 2 aromatic carbocycles. The number of carbonyl (C=O) groups is 2. The number of allylic oxidation sites excluding steroid dienone is 2. The van der Waals surface area contributed by atoms with E-state index in [1.54, 1.807) is 6.07 Å². The van der Waals surface area contributed by atoms with Crippen LogP contribution < -0.4 is 10.1 Å². The molecule has 0 saturated carbocycles. The van der Waals surface area contributed by atoms with Gasteiger partial charge in [0.1, 0.15) is 5.75 Å². The number of carboxylic acid groups (broad SMARTS) is 1. The van der Waals surface area contributed by atoms with Crippen molar-refractivity contribution in [3.8, 4) is 5.75 Å². The van der Waals surface area contributed by atoms with Crippen molar-refractivity contribution < 1.29 is 24.2 Å². The van der Waals surface area contributed by atoms with E-state index in [4.69, 9.17) is 16.3 Å². The fourth-order valence-electron chi connectivity index (χ4n) is 4.08. The van der Waals surface area contributed by atoms with E-state index in [9.17, 15) is 14.7 Å². The predicted molar refractivity (Wildman–Crippen MR) is 109 cm³/mol. The Labute approximate surface area is 173 Å². The molecule has 1 aliphatic carbocycles. The van der Waals surface area contributed by atoms with Gasteiger partial charge < -0.3 is 19.9 Å². The second-order valence-electron chi connectivity index (χ2n) is 7.14. The minimum absolute atomic E-state index is 0.0188.